The van der Waals surface area contributed by atoms with Gasteiger partial charge in [-0.15, -0.1) is 0 Å². The predicted molar refractivity (Wildman–Crippen MR) is 117 cm³/mol. The van der Waals surface area contributed by atoms with Crippen LogP contribution < -0.4 is 0 Å². The van der Waals surface area contributed by atoms with Crippen LogP contribution in [0.1, 0.15) is 61.3 Å². The Bertz CT molecular complexity index is 920. The monoisotopic (exact) mass is 465 g/mol. The standard InChI is InChI=1S/C25H27ClF3NO2/c26-19-12-10-18(11-13-19)24(21-8-4-5-9-22(21)25(27,28)29)32-20-15-30(16-20)23(31)14-17-6-2-1-3-7-17/h4-5,8-13,17,20,24H,1-3,6-7,14-16H2. The molecular weight excluding hydrogens is 439 g/mol. The number of hydrogen-bond acceptors (Lipinski definition) is 2. The van der Waals surface area contributed by atoms with Crippen molar-refractivity contribution in [2.45, 2.75) is 56.9 Å². The highest BCUT2D eigenvalue weighted by molar-refractivity contribution is 6.30. The SMILES string of the molecule is O=C(CC1CCCCC1)N1CC(OC(c2ccc(Cl)cc2)c2ccccc2C(F)(F)F)C1. The van der Waals surface area contributed by atoms with Crippen molar-refractivity contribution in [1.82, 2.24) is 4.90 Å². The van der Waals surface area contributed by atoms with Gasteiger partial charge in [0.05, 0.1) is 11.7 Å². The molecule has 2 aromatic carbocycles. The lowest BCUT2D eigenvalue weighted by atomic mass is 9.86. The van der Waals surface area contributed by atoms with E-state index in [1.807, 2.05) is 0 Å². The Hall–Kier alpha value is -2.05. The second kappa shape index (κ2) is 9.84. The molecule has 0 radical (unpaired) electrons. The van der Waals surface area contributed by atoms with Gasteiger partial charge in [-0.05, 0) is 48.1 Å². The van der Waals surface area contributed by atoms with E-state index in [-0.39, 0.29) is 17.6 Å². The molecule has 0 aromatic heterocycles. The minimum Gasteiger partial charge on any atom is -0.362 e. The zero-order valence-corrected chi connectivity index (χ0v) is 18.5. The van der Waals surface area contributed by atoms with Gasteiger partial charge in [0.1, 0.15) is 6.10 Å². The number of likely N-dealkylation sites (tertiary alicyclic amines) is 1. The van der Waals surface area contributed by atoms with Crippen LogP contribution in [0.5, 0.6) is 0 Å². The molecule has 1 saturated heterocycles. The molecule has 0 bridgehead atoms. The summed E-state index contributed by atoms with van der Waals surface area (Å²) in [6.45, 7) is 0.813. The molecule has 1 saturated carbocycles. The van der Waals surface area contributed by atoms with Crippen LogP contribution in [0.2, 0.25) is 5.02 Å². The van der Waals surface area contributed by atoms with Crippen molar-refractivity contribution in [3.8, 4) is 0 Å². The Morgan fingerprint density at radius 1 is 1.03 bits per heavy atom. The minimum atomic E-state index is -4.49. The van der Waals surface area contributed by atoms with Gasteiger partial charge in [-0.25, -0.2) is 0 Å². The molecule has 1 amide bonds. The van der Waals surface area contributed by atoms with E-state index in [9.17, 15) is 18.0 Å². The lowest BCUT2D eigenvalue weighted by molar-refractivity contribution is -0.150. The van der Waals surface area contributed by atoms with Crippen LogP contribution >= 0.6 is 11.6 Å². The second-order valence-electron chi connectivity index (χ2n) is 8.78. The largest absolute Gasteiger partial charge is 0.416 e. The van der Waals surface area contributed by atoms with Gasteiger partial charge < -0.3 is 9.64 Å². The Balaban J connectivity index is 1.47. The first kappa shape index (κ1) is 23.1. The quantitative estimate of drug-likeness (QED) is 0.478. The molecule has 3 nitrogen and oxygen atoms in total. The van der Waals surface area contributed by atoms with Crippen molar-refractivity contribution in [3.05, 3.63) is 70.2 Å². The van der Waals surface area contributed by atoms with Crippen LogP contribution in [0.3, 0.4) is 0 Å². The molecule has 172 valence electrons. The highest BCUT2D eigenvalue weighted by atomic mass is 35.5. The number of hydrogen-bond donors (Lipinski definition) is 0. The summed E-state index contributed by atoms with van der Waals surface area (Å²) >= 11 is 5.98. The maximum Gasteiger partial charge on any atom is 0.416 e. The number of amides is 1. The summed E-state index contributed by atoms with van der Waals surface area (Å²) in [4.78, 5) is 14.4. The van der Waals surface area contributed by atoms with Crippen LogP contribution in [0.25, 0.3) is 0 Å². The highest BCUT2D eigenvalue weighted by Crippen LogP contribution is 2.39. The molecule has 1 aliphatic heterocycles. The number of ether oxygens (including phenoxy) is 1. The average Bonchev–Trinajstić information content (AvgIpc) is 2.74. The lowest BCUT2D eigenvalue weighted by Gasteiger charge is -2.41. The molecule has 2 aromatic rings. The number of halogens is 4. The van der Waals surface area contributed by atoms with Crippen LogP contribution in [0.15, 0.2) is 48.5 Å². The summed E-state index contributed by atoms with van der Waals surface area (Å²) in [6.07, 6.45) is 0.680. The summed E-state index contributed by atoms with van der Waals surface area (Å²) in [5.41, 5.74) is -0.0584. The van der Waals surface area contributed by atoms with Crippen molar-refractivity contribution >= 4 is 17.5 Å². The number of alkyl halides is 3. The van der Waals surface area contributed by atoms with E-state index >= 15 is 0 Å². The highest BCUT2D eigenvalue weighted by Gasteiger charge is 2.39. The third-order valence-corrected chi connectivity index (χ3v) is 6.69. The molecule has 7 heteroatoms. The summed E-state index contributed by atoms with van der Waals surface area (Å²) in [5, 5.41) is 0.500. The van der Waals surface area contributed by atoms with Gasteiger partial charge in [-0.3, -0.25) is 4.79 Å². The van der Waals surface area contributed by atoms with Gasteiger partial charge in [-0.2, -0.15) is 13.2 Å². The number of carbonyl (C=O) groups is 1. The zero-order chi connectivity index (χ0) is 22.7. The van der Waals surface area contributed by atoms with Gasteiger partial charge in [0, 0.05) is 24.5 Å². The molecule has 1 heterocycles. The Morgan fingerprint density at radius 3 is 2.34 bits per heavy atom. The van der Waals surface area contributed by atoms with Crippen LogP contribution in [0.4, 0.5) is 13.2 Å². The molecule has 2 fully saturated rings. The fourth-order valence-corrected chi connectivity index (χ4v) is 4.77. The smallest absolute Gasteiger partial charge is 0.362 e. The number of nitrogens with zero attached hydrogens (tertiary/aromatic N) is 1. The van der Waals surface area contributed by atoms with Crippen molar-refractivity contribution < 1.29 is 22.7 Å². The predicted octanol–water partition coefficient (Wildman–Crippen LogP) is 6.65. The molecular formula is C25H27ClF3NO2. The summed E-state index contributed by atoms with van der Waals surface area (Å²) in [5.74, 6) is 0.576. The van der Waals surface area contributed by atoms with E-state index in [0.29, 0.717) is 36.0 Å². The van der Waals surface area contributed by atoms with E-state index in [2.05, 4.69) is 0 Å². The lowest BCUT2D eigenvalue weighted by Crippen LogP contribution is -2.55. The first-order valence-electron chi connectivity index (χ1n) is 11.2. The second-order valence-corrected chi connectivity index (χ2v) is 9.22. The van der Waals surface area contributed by atoms with E-state index in [0.717, 1.165) is 18.9 Å². The van der Waals surface area contributed by atoms with Crippen LogP contribution in [-0.2, 0) is 15.7 Å². The zero-order valence-electron chi connectivity index (χ0n) is 17.8. The maximum absolute atomic E-state index is 13.7. The molecule has 1 unspecified atom stereocenters. The Kier molecular flexibility index (Phi) is 7.11. The fourth-order valence-electron chi connectivity index (χ4n) is 4.64. The molecule has 2 aliphatic rings. The van der Waals surface area contributed by atoms with Gasteiger partial charge in [0.15, 0.2) is 0 Å². The summed E-state index contributed by atoms with van der Waals surface area (Å²) in [6, 6.07) is 12.1. The summed E-state index contributed by atoms with van der Waals surface area (Å²) in [7, 11) is 0. The molecule has 1 atom stereocenters. The minimum absolute atomic E-state index is 0.0642. The molecule has 0 spiro atoms. The van der Waals surface area contributed by atoms with Crippen molar-refractivity contribution in [1.29, 1.82) is 0 Å². The van der Waals surface area contributed by atoms with Gasteiger partial charge >= 0.3 is 6.18 Å². The van der Waals surface area contributed by atoms with Crippen LogP contribution in [-0.4, -0.2) is 30.0 Å². The van der Waals surface area contributed by atoms with Crippen molar-refractivity contribution in [2.24, 2.45) is 5.92 Å². The van der Waals surface area contributed by atoms with E-state index in [1.54, 1.807) is 35.2 Å². The number of rotatable bonds is 6. The molecule has 1 aliphatic carbocycles. The van der Waals surface area contributed by atoms with Gasteiger partial charge in [0.2, 0.25) is 5.91 Å². The first-order chi connectivity index (χ1) is 15.3. The fraction of sp³-hybridized carbons (Fsp3) is 0.480. The molecule has 32 heavy (non-hydrogen) atoms. The topological polar surface area (TPSA) is 29.5 Å². The first-order valence-corrected chi connectivity index (χ1v) is 11.5. The van der Waals surface area contributed by atoms with E-state index < -0.39 is 17.8 Å². The van der Waals surface area contributed by atoms with Crippen molar-refractivity contribution in [2.75, 3.05) is 13.1 Å². The summed E-state index contributed by atoms with van der Waals surface area (Å²) < 4.78 is 47.2. The third kappa shape index (κ3) is 5.46. The van der Waals surface area contributed by atoms with Gasteiger partial charge in [-0.1, -0.05) is 61.2 Å². The van der Waals surface area contributed by atoms with E-state index in [1.165, 1.54) is 31.4 Å². The third-order valence-electron chi connectivity index (χ3n) is 6.44. The van der Waals surface area contributed by atoms with Crippen molar-refractivity contribution in [3.63, 3.8) is 0 Å². The van der Waals surface area contributed by atoms with Gasteiger partial charge in [0.25, 0.3) is 0 Å². The molecule has 4 rings (SSSR count). The maximum atomic E-state index is 13.7. The molecule has 0 N–H and O–H groups in total. The average molecular weight is 466 g/mol. The Morgan fingerprint density at radius 2 is 1.69 bits per heavy atom. The number of carbonyl (C=O) groups excluding carboxylic acids is 1. The normalized spacial score (nSPS) is 18.9. The Labute approximate surface area is 191 Å². The number of benzene rings is 2. The van der Waals surface area contributed by atoms with Crippen LogP contribution in [0, 0.1) is 5.92 Å². The van der Waals surface area contributed by atoms with E-state index in [4.69, 9.17) is 16.3 Å².